The molecule has 168 valence electrons. The third kappa shape index (κ3) is 5.77. The van der Waals surface area contributed by atoms with Crippen LogP contribution in [0.4, 0.5) is 18.9 Å². The molecule has 0 aromatic heterocycles. The van der Waals surface area contributed by atoms with Gasteiger partial charge in [-0.15, -0.1) is 0 Å². The molecule has 0 aliphatic heterocycles. The van der Waals surface area contributed by atoms with Gasteiger partial charge in [0.05, 0.1) is 30.3 Å². The van der Waals surface area contributed by atoms with Gasteiger partial charge >= 0.3 is 6.18 Å². The van der Waals surface area contributed by atoms with Crippen LogP contribution in [0.1, 0.15) is 47.2 Å². The second-order valence-electron chi connectivity index (χ2n) is 7.55. The molecule has 32 heavy (non-hydrogen) atoms. The summed E-state index contributed by atoms with van der Waals surface area (Å²) in [4.78, 5) is 13.3. The second kappa shape index (κ2) is 10.0. The Morgan fingerprint density at radius 1 is 1.19 bits per heavy atom. The normalized spacial score (nSPS) is 18.9. The molecular weight excluding hydrogens is 439 g/mol. The Labute approximate surface area is 189 Å². The molecule has 2 aromatic rings. The van der Waals surface area contributed by atoms with Crippen LogP contribution < -0.4 is 15.4 Å². The molecular formula is C23H22F3N3O2S. The number of alkyl halides is 3. The smallest absolute Gasteiger partial charge is 0.417 e. The number of halogens is 3. The van der Waals surface area contributed by atoms with Gasteiger partial charge in [0.1, 0.15) is 5.75 Å². The van der Waals surface area contributed by atoms with Gasteiger partial charge in [-0.2, -0.15) is 18.4 Å². The molecule has 0 unspecified atom stereocenters. The van der Waals surface area contributed by atoms with Crippen molar-refractivity contribution in [2.24, 2.45) is 0 Å². The average Bonchev–Trinajstić information content (AvgIpc) is 2.94. The van der Waals surface area contributed by atoms with Crippen molar-refractivity contribution in [2.75, 3.05) is 12.4 Å². The maximum absolute atomic E-state index is 13.2. The van der Waals surface area contributed by atoms with Gasteiger partial charge in [-0.3, -0.25) is 4.79 Å². The minimum Gasteiger partial charge on any atom is -0.497 e. The van der Waals surface area contributed by atoms with E-state index in [9.17, 15) is 18.0 Å². The molecule has 0 bridgehead atoms. The lowest BCUT2D eigenvalue weighted by molar-refractivity contribution is -0.137. The van der Waals surface area contributed by atoms with Crippen LogP contribution in [0.5, 0.6) is 5.75 Å². The zero-order valence-electron chi connectivity index (χ0n) is 17.3. The fraction of sp³-hybridized carbons (Fsp3) is 0.348. The fourth-order valence-electron chi connectivity index (χ4n) is 3.67. The highest BCUT2D eigenvalue weighted by molar-refractivity contribution is 7.80. The number of benzene rings is 2. The van der Waals surface area contributed by atoms with Crippen molar-refractivity contribution < 1.29 is 22.7 Å². The van der Waals surface area contributed by atoms with E-state index in [4.69, 9.17) is 22.2 Å². The van der Waals surface area contributed by atoms with E-state index in [0.29, 0.717) is 47.5 Å². The van der Waals surface area contributed by atoms with Crippen molar-refractivity contribution >= 4 is 28.7 Å². The zero-order valence-corrected chi connectivity index (χ0v) is 18.1. The van der Waals surface area contributed by atoms with Crippen molar-refractivity contribution in [3.8, 4) is 11.8 Å². The van der Waals surface area contributed by atoms with Gasteiger partial charge in [-0.25, -0.2) is 0 Å². The SMILES string of the molecule is COc1cccc(C(=O)N[C@H]2CC[C@@H](Nc3ccc(C#N)c(C(F)(F)F)c3)CCC2=S)c1. The third-order valence-electron chi connectivity index (χ3n) is 5.39. The van der Waals surface area contributed by atoms with E-state index in [2.05, 4.69) is 10.6 Å². The van der Waals surface area contributed by atoms with Gasteiger partial charge in [0, 0.05) is 22.2 Å². The fourth-order valence-corrected chi connectivity index (χ4v) is 3.96. The highest BCUT2D eigenvalue weighted by atomic mass is 32.1. The number of amides is 1. The van der Waals surface area contributed by atoms with Crippen LogP contribution in [0, 0.1) is 11.3 Å². The van der Waals surface area contributed by atoms with Gasteiger partial charge < -0.3 is 15.4 Å². The van der Waals surface area contributed by atoms with Crippen LogP contribution in [0.15, 0.2) is 42.5 Å². The second-order valence-corrected chi connectivity index (χ2v) is 8.08. The average molecular weight is 462 g/mol. The lowest BCUT2D eigenvalue weighted by atomic mass is 10.0. The molecule has 9 heteroatoms. The molecule has 0 heterocycles. The van der Waals surface area contributed by atoms with Gasteiger partial charge in [-0.05, 0) is 62.1 Å². The van der Waals surface area contributed by atoms with Crippen LogP contribution in [0.25, 0.3) is 0 Å². The number of nitriles is 1. The number of anilines is 1. The lowest BCUT2D eigenvalue weighted by Crippen LogP contribution is -2.39. The van der Waals surface area contributed by atoms with E-state index in [1.807, 2.05) is 0 Å². The molecule has 3 rings (SSSR count). The summed E-state index contributed by atoms with van der Waals surface area (Å²) in [6.07, 6.45) is -2.24. The molecule has 5 nitrogen and oxygen atoms in total. The van der Waals surface area contributed by atoms with E-state index in [1.54, 1.807) is 30.3 Å². The molecule has 2 atom stereocenters. The molecule has 2 N–H and O–H groups in total. The number of ether oxygens (including phenoxy) is 1. The number of hydrogen-bond acceptors (Lipinski definition) is 5. The summed E-state index contributed by atoms with van der Waals surface area (Å²) < 4.78 is 44.8. The predicted octanol–water partition coefficient (Wildman–Crippen LogP) is 5.11. The van der Waals surface area contributed by atoms with Crippen molar-refractivity contribution in [3.05, 3.63) is 59.2 Å². The van der Waals surface area contributed by atoms with Gasteiger partial charge in [0.15, 0.2) is 0 Å². The largest absolute Gasteiger partial charge is 0.497 e. The Balaban J connectivity index is 1.66. The Bertz CT molecular complexity index is 1050. The monoisotopic (exact) mass is 461 g/mol. The van der Waals surface area contributed by atoms with E-state index in [1.165, 1.54) is 19.2 Å². The van der Waals surface area contributed by atoms with E-state index < -0.39 is 17.3 Å². The Kier molecular flexibility index (Phi) is 7.36. The first-order chi connectivity index (χ1) is 15.2. The minimum atomic E-state index is -4.61. The number of thiocarbonyl (C=S) groups is 1. The summed E-state index contributed by atoms with van der Waals surface area (Å²) in [5.74, 6) is 0.315. The summed E-state index contributed by atoms with van der Waals surface area (Å²) in [6.45, 7) is 0. The number of carbonyl (C=O) groups excluding carboxylic acids is 1. The first-order valence-electron chi connectivity index (χ1n) is 10.1. The van der Waals surface area contributed by atoms with Crippen molar-refractivity contribution in [3.63, 3.8) is 0 Å². The van der Waals surface area contributed by atoms with Gasteiger partial charge in [-0.1, -0.05) is 18.3 Å². The number of methoxy groups -OCH3 is 1. The molecule has 1 aliphatic rings. The lowest BCUT2D eigenvalue weighted by Gasteiger charge is -2.20. The number of rotatable bonds is 5. The first-order valence-corrected chi connectivity index (χ1v) is 10.5. The molecule has 0 radical (unpaired) electrons. The molecule has 0 spiro atoms. The number of hydrogen-bond donors (Lipinski definition) is 2. The van der Waals surface area contributed by atoms with Crippen LogP contribution >= 0.6 is 12.2 Å². The molecule has 1 amide bonds. The van der Waals surface area contributed by atoms with Crippen LogP contribution in [-0.2, 0) is 6.18 Å². The summed E-state index contributed by atoms with van der Waals surface area (Å²) in [5, 5.41) is 15.0. The van der Waals surface area contributed by atoms with Crippen molar-refractivity contribution in [1.82, 2.24) is 5.32 Å². The van der Waals surface area contributed by atoms with E-state index in [0.717, 1.165) is 6.07 Å². The molecule has 1 saturated carbocycles. The van der Waals surface area contributed by atoms with Crippen molar-refractivity contribution in [2.45, 2.75) is 43.9 Å². The highest BCUT2D eigenvalue weighted by Gasteiger charge is 2.34. The number of carbonyl (C=O) groups is 1. The highest BCUT2D eigenvalue weighted by Crippen LogP contribution is 2.34. The topological polar surface area (TPSA) is 74.2 Å². The molecule has 2 aromatic carbocycles. The summed E-state index contributed by atoms with van der Waals surface area (Å²) in [5.41, 5.74) is -0.613. The van der Waals surface area contributed by atoms with Crippen LogP contribution in [0.3, 0.4) is 0 Å². The summed E-state index contributed by atoms with van der Waals surface area (Å²) in [6, 6.07) is 11.6. The van der Waals surface area contributed by atoms with E-state index >= 15 is 0 Å². The predicted molar refractivity (Wildman–Crippen MR) is 119 cm³/mol. The number of nitrogens with zero attached hydrogens (tertiary/aromatic N) is 1. The maximum atomic E-state index is 13.2. The van der Waals surface area contributed by atoms with Crippen LogP contribution in [-0.4, -0.2) is 30.0 Å². The van der Waals surface area contributed by atoms with Gasteiger partial charge in [0.2, 0.25) is 0 Å². The molecule has 1 fully saturated rings. The van der Waals surface area contributed by atoms with Crippen molar-refractivity contribution in [1.29, 1.82) is 5.26 Å². The Morgan fingerprint density at radius 2 is 1.97 bits per heavy atom. The summed E-state index contributed by atoms with van der Waals surface area (Å²) >= 11 is 5.50. The Morgan fingerprint density at radius 3 is 2.66 bits per heavy atom. The van der Waals surface area contributed by atoms with E-state index in [-0.39, 0.29) is 18.0 Å². The quantitative estimate of drug-likeness (QED) is 0.478. The first kappa shape index (κ1) is 23.5. The Hall–Kier alpha value is -3.12. The zero-order chi connectivity index (χ0) is 23.3. The van der Waals surface area contributed by atoms with Gasteiger partial charge in [0.25, 0.3) is 5.91 Å². The maximum Gasteiger partial charge on any atom is 0.417 e. The standard InChI is InChI=1S/C23H22F3N3O2S/c1-31-18-4-2-3-14(11-18)22(30)29-20-9-7-16(8-10-21(20)32)28-17-6-5-15(13-27)19(12-17)23(24,25)26/h2-6,11-12,16,20,28H,7-10H2,1H3,(H,29,30)/t16-,20+/m1/s1. The summed E-state index contributed by atoms with van der Waals surface area (Å²) in [7, 11) is 1.52. The molecule has 1 aliphatic carbocycles. The third-order valence-corrected chi connectivity index (χ3v) is 5.87. The molecule has 0 saturated heterocycles. The minimum absolute atomic E-state index is 0.110. The van der Waals surface area contributed by atoms with Crippen LogP contribution in [0.2, 0.25) is 0 Å². The number of nitrogens with one attached hydrogen (secondary N) is 2.